The fraction of sp³-hybridized carbons (Fsp3) is 0.540. The number of ether oxygens (including phenoxy) is 6. The summed E-state index contributed by atoms with van der Waals surface area (Å²) in [5, 5.41) is 0. The zero-order valence-electron chi connectivity index (χ0n) is 39.7. The highest BCUT2D eigenvalue weighted by Crippen LogP contribution is 2.30. The predicted molar refractivity (Wildman–Crippen MR) is 252 cm³/mol. The van der Waals surface area contributed by atoms with Gasteiger partial charge in [0.1, 0.15) is 39.6 Å². The van der Waals surface area contributed by atoms with Crippen LogP contribution in [0.15, 0.2) is 87.5 Å². The average molecular weight is 935 g/mol. The summed E-state index contributed by atoms with van der Waals surface area (Å²) in [5.74, 6) is -3.41. The van der Waals surface area contributed by atoms with E-state index in [9.17, 15) is 33.6 Å². The Kier molecular flexibility index (Phi) is 22.9. The molecule has 17 heteroatoms. The van der Waals surface area contributed by atoms with Gasteiger partial charge in [0.2, 0.25) is 0 Å². The zero-order valence-corrected chi connectivity index (χ0v) is 39.7. The lowest BCUT2D eigenvalue weighted by Crippen LogP contribution is -2.59. The summed E-state index contributed by atoms with van der Waals surface area (Å²) in [7, 11) is 0. The number of rotatable bonds is 30. The number of carbonyl (C=O) groups is 7. The summed E-state index contributed by atoms with van der Waals surface area (Å²) in [6.45, 7) is 28.7. The molecule has 0 aromatic heterocycles. The van der Waals surface area contributed by atoms with Crippen molar-refractivity contribution in [1.82, 2.24) is 14.7 Å². The predicted octanol–water partition coefficient (Wildman–Crippen LogP) is 4.52. The first-order valence-electron chi connectivity index (χ1n) is 22.7. The molecule has 0 spiro atoms. The summed E-state index contributed by atoms with van der Waals surface area (Å²) < 4.78 is 32.2. The second-order valence-electron chi connectivity index (χ2n) is 17.1. The molecule has 17 nitrogen and oxygen atoms in total. The van der Waals surface area contributed by atoms with Gasteiger partial charge in [0.05, 0.1) is 29.2 Å². The minimum absolute atomic E-state index is 0.00337. The van der Waals surface area contributed by atoms with Gasteiger partial charge in [-0.3, -0.25) is 24.2 Å². The second kappa shape index (κ2) is 27.7. The molecular weight excluding hydrogens is 865 g/mol. The highest BCUT2D eigenvalue weighted by atomic mass is 16.6. The largest absolute Gasteiger partial charge is 0.465 e. The van der Waals surface area contributed by atoms with Crippen LogP contribution in [0.3, 0.4) is 0 Å². The molecule has 2 aliphatic heterocycles. The first-order valence-corrected chi connectivity index (χ1v) is 22.7. The molecule has 3 rings (SSSR count). The molecule has 1 unspecified atom stereocenters. The molecule has 0 aliphatic carbocycles. The third kappa shape index (κ3) is 17.4. The van der Waals surface area contributed by atoms with Gasteiger partial charge in [-0.25, -0.2) is 19.2 Å². The second-order valence-corrected chi connectivity index (χ2v) is 17.1. The molecule has 1 atom stereocenters. The van der Waals surface area contributed by atoms with Crippen LogP contribution in [0.1, 0.15) is 63.2 Å². The maximum atomic E-state index is 14.2. The normalized spacial score (nSPS) is 15.7. The van der Waals surface area contributed by atoms with Gasteiger partial charge < -0.3 is 38.2 Å². The van der Waals surface area contributed by atoms with Crippen molar-refractivity contribution in [2.45, 2.75) is 58.4 Å². The summed E-state index contributed by atoms with van der Waals surface area (Å²) in [4.78, 5) is 95.7. The lowest BCUT2D eigenvalue weighted by atomic mass is 9.85. The van der Waals surface area contributed by atoms with Crippen LogP contribution in [0, 0.1) is 10.8 Å². The first kappa shape index (κ1) is 55.4. The van der Waals surface area contributed by atoms with Crippen molar-refractivity contribution in [3.63, 3.8) is 0 Å². The maximum Gasteiger partial charge on any atom is 0.330 e. The molecule has 0 bridgehead atoms. The average Bonchev–Trinajstić information content (AvgIpc) is 3.36. The van der Waals surface area contributed by atoms with Gasteiger partial charge in [-0.1, -0.05) is 46.2 Å². The highest BCUT2D eigenvalue weighted by molar-refractivity contribution is 6.03. The van der Waals surface area contributed by atoms with Crippen LogP contribution in [-0.2, 0) is 57.2 Å². The fourth-order valence-corrected chi connectivity index (χ4v) is 7.58. The number of piperazine rings is 2. The van der Waals surface area contributed by atoms with Crippen LogP contribution >= 0.6 is 0 Å². The molecule has 0 radical (unpaired) electrons. The quantitative estimate of drug-likeness (QED) is 0.0344. The molecule has 2 aliphatic rings. The zero-order chi connectivity index (χ0) is 49.5. The number of ketones is 1. The van der Waals surface area contributed by atoms with Crippen molar-refractivity contribution >= 4 is 47.3 Å². The highest BCUT2D eigenvalue weighted by Gasteiger charge is 2.41. The Morgan fingerprint density at radius 3 is 1.24 bits per heavy atom. The van der Waals surface area contributed by atoms with Gasteiger partial charge in [-0.05, 0) is 50.5 Å². The van der Waals surface area contributed by atoms with Crippen molar-refractivity contribution in [3.8, 4) is 0 Å². The fourth-order valence-electron chi connectivity index (χ4n) is 7.58. The summed E-state index contributed by atoms with van der Waals surface area (Å²) in [6.07, 6.45) is 7.43. The Labute approximate surface area is 395 Å². The molecule has 2 heterocycles. The van der Waals surface area contributed by atoms with Crippen LogP contribution in [0.5, 0.6) is 0 Å². The van der Waals surface area contributed by atoms with Gasteiger partial charge in [-0.15, -0.1) is 6.58 Å². The molecular formula is C50H70N4O13. The topological polar surface area (TPSA) is 188 Å². The number of hydrogen-bond donors (Lipinski definition) is 0. The number of anilines is 1. The Morgan fingerprint density at radius 2 is 0.896 bits per heavy atom. The third-order valence-corrected chi connectivity index (χ3v) is 12.6. The van der Waals surface area contributed by atoms with Gasteiger partial charge >= 0.3 is 35.8 Å². The van der Waals surface area contributed by atoms with E-state index in [1.165, 1.54) is 0 Å². The third-order valence-electron chi connectivity index (χ3n) is 12.6. The smallest absolute Gasteiger partial charge is 0.330 e. The minimum Gasteiger partial charge on any atom is -0.465 e. The summed E-state index contributed by atoms with van der Waals surface area (Å²) in [5.41, 5.74) is -1.10. The van der Waals surface area contributed by atoms with E-state index in [2.05, 4.69) is 52.5 Å². The number of esters is 6. The molecule has 1 aromatic rings. The number of benzene rings is 1. The van der Waals surface area contributed by atoms with Gasteiger partial charge in [0.15, 0.2) is 5.78 Å². The summed E-state index contributed by atoms with van der Waals surface area (Å²) in [6, 6.07) is 7.68. The van der Waals surface area contributed by atoms with E-state index in [4.69, 9.17) is 28.4 Å². The number of nitrogens with zero attached hydrogens (tertiary/aromatic N) is 4. The van der Waals surface area contributed by atoms with Crippen molar-refractivity contribution < 1.29 is 62.0 Å². The lowest BCUT2D eigenvalue weighted by molar-refractivity contribution is -0.161. The van der Waals surface area contributed by atoms with Crippen LogP contribution in [0.25, 0.3) is 0 Å². The Bertz CT molecular complexity index is 1850. The first-order chi connectivity index (χ1) is 32.0. The van der Waals surface area contributed by atoms with E-state index in [1.54, 1.807) is 6.08 Å². The molecule has 0 saturated carbocycles. The Hall–Kier alpha value is -5.91. The molecule has 1 aromatic carbocycles. The number of hydrogen-bond acceptors (Lipinski definition) is 17. The molecule has 0 N–H and O–H groups in total. The van der Waals surface area contributed by atoms with Gasteiger partial charge in [0, 0.05) is 101 Å². The monoisotopic (exact) mass is 934 g/mol. The molecule has 368 valence electrons. The van der Waals surface area contributed by atoms with Crippen LogP contribution in [0.2, 0.25) is 0 Å². The van der Waals surface area contributed by atoms with E-state index in [1.807, 2.05) is 45.0 Å². The van der Waals surface area contributed by atoms with Crippen molar-refractivity contribution in [3.05, 3.63) is 93.1 Å². The van der Waals surface area contributed by atoms with Crippen molar-refractivity contribution in [2.75, 3.05) is 110 Å². The van der Waals surface area contributed by atoms with E-state index < -0.39 is 52.2 Å². The van der Waals surface area contributed by atoms with Crippen molar-refractivity contribution in [2.24, 2.45) is 10.8 Å². The van der Waals surface area contributed by atoms with Crippen LogP contribution in [0.4, 0.5) is 5.69 Å². The summed E-state index contributed by atoms with van der Waals surface area (Å²) >= 11 is 0. The number of carbonyl (C=O) groups excluding carboxylic acids is 7. The van der Waals surface area contributed by atoms with Crippen molar-refractivity contribution in [1.29, 1.82) is 0 Å². The molecule has 67 heavy (non-hydrogen) atoms. The van der Waals surface area contributed by atoms with Gasteiger partial charge in [0.25, 0.3) is 0 Å². The van der Waals surface area contributed by atoms with Crippen LogP contribution in [-0.4, -0.2) is 167 Å². The standard InChI is InChI=1S/C50H70N4O13/c1-9-22-48(8,54-31-27-52(28-32-54)24-21-46(60)67-38-50(15-7,35-64-43(57)12-4)36-65-44(58)13-5)47(61)39-16-18-40(19-17-39)53-29-25-51(26-30-53)23-20-45(59)66-37-49(14-6,33-62-41(55)10-2)34-63-42(56)11-3/h9-13,16-19H,1-5,14-15,20-38H2,6-8H3. The molecule has 0 amide bonds. The van der Waals surface area contributed by atoms with Crippen LogP contribution < -0.4 is 4.90 Å². The Morgan fingerprint density at radius 1 is 0.537 bits per heavy atom. The molecule has 2 fully saturated rings. The lowest BCUT2D eigenvalue weighted by Gasteiger charge is -2.44. The maximum absolute atomic E-state index is 14.2. The Balaban J connectivity index is 1.48. The SMILES string of the molecule is C=CCC(C)(C(=O)c1ccc(N2CCN(CCC(=O)OCC(CC)(COC(=O)C=C)COC(=O)C=C)CC2)cc1)N1CCN(CCC(=O)OCC(CC)(COC(=O)C=C)COC(=O)C=C)CC1. The van der Waals surface area contributed by atoms with E-state index in [0.717, 1.165) is 56.2 Å². The van der Waals surface area contributed by atoms with E-state index >= 15 is 0 Å². The number of Topliss-reactive ketones (excluding diaryl/α,β-unsaturated/α-hetero) is 1. The van der Waals surface area contributed by atoms with Gasteiger partial charge in [-0.2, -0.15) is 0 Å². The molecule has 2 saturated heterocycles. The van der Waals surface area contributed by atoms with E-state index in [-0.39, 0.29) is 58.3 Å². The van der Waals surface area contributed by atoms with E-state index in [0.29, 0.717) is 64.1 Å². The minimum atomic E-state index is -0.938.